The van der Waals surface area contributed by atoms with E-state index < -0.39 is 6.16 Å². The summed E-state index contributed by atoms with van der Waals surface area (Å²) in [4.78, 5) is 11.9. The van der Waals surface area contributed by atoms with E-state index in [0.717, 1.165) is 44.1 Å². The van der Waals surface area contributed by atoms with Gasteiger partial charge in [-0.25, -0.2) is 4.79 Å². The van der Waals surface area contributed by atoms with E-state index in [9.17, 15) is 4.79 Å². The van der Waals surface area contributed by atoms with Crippen LogP contribution in [0.15, 0.2) is 18.2 Å². The molecule has 0 saturated carbocycles. The van der Waals surface area contributed by atoms with Gasteiger partial charge in [0.1, 0.15) is 5.75 Å². The van der Waals surface area contributed by atoms with Crippen LogP contribution in [0.3, 0.4) is 0 Å². The summed E-state index contributed by atoms with van der Waals surface area (Å²) in [6, 6.07) is 5.96. The monoisotopic (exact) mass is 334 g/mol. The topological polar surface area (TPSA) is 35.5 Å². The first-order valence-corrected chi connectivity index (χ1v) is 9.68. The van der Waals surface area contributed by atoms with Gasteiger partial charge in [-0.15, -0.1) is 0 Å². The molecule has 0 unspecified atom stereocenters. The molecule has 136 valence electrons. The summed E-state index contributed by atoms with van der Waals surface area (Å²) in [5.41, 5.74) is 2.43. The van der Waals surface area contributed by atoms with E-state index in [-0.39, 0.29) is 0 Å². The Morgan fingerprint density at radius 1 is 0.875 bits per heavy atom. The molecule has 0 aliphatic rings. The minimum absolute atomic E-state index is 0.447. The molecule has 0 aromatic heterocycles. The molecule has 0 radical (unpaired) electrons. The highest BCUT2D eigenvalue weighted by Gasteiger charge is 2.13. The van der Waals surface area contributed by atoms with Gasteiger partial charge in [-0.2, -0.15) is 0 Å². The molecule has 24 heavy (non-hydrogen) atoms. The summed E-state index contributed by atoms with van der Waals surface area (Å²) in [6.07, 6.45) is 10.5. The Morgan fingerprint density at radius 2 is 1.58 bits per heavy atom. The predicted molar refractivity (Wildman–Crippen MR) is 99.8 cm³/mol. The Labute approximate surface area is 147 Å². The van der Waals surface area contributed by atoms with Gasteiger partial charge in [0.25, 0.3) is 0 Å². The number of hydrogen-bond donors (Lipinski definition) is 0. The zero-order chi connectivity index (χ0) is 17.6. The molecule has 0 spiro atoms. The van der Waals surface area contributed by atoms with Crippen molar-refractivity contribution in [3.63, 3.8) is 0 Å². The van der Waals surface area contributed by atoms with Crippen LogP contribution in [0.25, 0.3) is 0 Å². The Balaban J connectivity index is 2.44. The number of unbranched alkanes of at least 4 members (excludes halogenated alkanes) is 5. The second-order valence-electron chi connectivity index (χ2n) is 6.36. The number of aryl methyl sites for hydroxylation is 1. The zero-order valence-corrected chi connectivity index (χ0v) is 15.7. The van der Waals surface area contributed by atoms with Crippen molar-refractivity contribution in [1.82, 2.24) is 0 Å². The highest BCUT2D eigenvalue weighted by Crippen LogP contribution is 2.25. The van der Waals surface area contributed by atoms with Gasteiger partial charge in [0, 0.05) is 0 Å². The van der Waals surface area contributed by atoms with Crippen molar-refractivity contribution in [3.8, 4) is 5.75 Å². The Kier molecular flexibility index (Phi) is 11.0. The third kappa shape index (κ3) is 7.85. The number of rotatable bonds is 12. The summed E-state index contributed by atoms with van der Waals surface area (Å²) >= 11 is 0. The van der Waals surface area contributed by atoms with Gasteiger partial charge in [0.05, 0.1) is 6.61 Å². The second-order valence-corrected chi connectivity index (χ2v) is 6.36. The number of hydrogen-bond acceptors (Lipinski definition) is 3. The molecule has 3 nitrogen and oxygen atoms in total. The average molecular weight is 335 g/mol. The Bertz CT molecular complexity index is 468. The minimum atomic E-state index is -0.574. The number of ether oxygens (including phenoxy) is 2. The van der Waals surface area contributed by atoms with Gasteiger partial charge in [-0.05, 0) is 36.5 Å². The fourth-order valence-corrected chi connectivity index (χ4v) is 2.90. The summed E-state index contributed by atoms with van der Waals surface area (Å²) in [7, 11) is 0. The molecule has 1 rings (SSSR count). The Morgan fingerprint density at radius 3 is 2.29 bits per heavy atom. The van der Waals surface area contributed by atoms with Crippen LogP contribution in [0.4, 0.5) is 4.79 Å². The summed E-state index contributed by atoms with van der Waals surface area (Å²) in [5.74, 6) is 0.663. The number of carbonyl (C=O) groups excluding carboxylic acids is 1. The van der Waals surface area contributed by atoms with Gasteiger partial charge in [0.15, 0.2) is 0 Å². The van der Waals surface area contributed by atoms with Crippen LogP contribution in [0.1, 0.15) is 83.3 Å². The SMILES string of the molecule is CCCCCCCCOC(=O)Oc1cccc(CCC)c1CCC. The largest absolute Gasteiger partial charge is 0.513 e. The fourth-order valence-electron chi connectivity index (χ4n) is 2.90. The molecule has 3 heteroatoms. The lowest BCUT2D eigenvalue weighted by Crippen LogP contribution is -2.13. The molecule has 1 aromatic rings. The highest BCUT2D eigenvalue weighted by atomic mass is 16.7. The lowest BCUT2D eigenvalue weighted by Gasteiger charge is -2.14. The van der Waals surface area contributed by atoms with Crippen LogP contribution >= 0.6 is 0 Å². The van der Waals surface area contributed by atoms with E-state index in [1.54, 1.807) is 0 Å². The van der Waals surface area contributed by atoms with Crippen LogP contribution in [-0.2, 0) is 17.6 Å². The van der Waals surface area contributed by atoms with Crippen LogP contribution in [0.2, 0.25) is 0 Å². The summed E-state index contributed by atoms with van der Waals surface area (Å²) < 4.78 is 10.7. The van der Waals surface area contributed by atoms with E-state index in [4.69, 9.17) is 9.47 Å². The second kappa shape index (κ2) is 12.9. The summed E-state index contributed by atoms with van der Waals surface area (Å²) in [5, 5.41) is 0. The molecular formula is C21H34O3. The first-order chi connectivity index (χ1) is 11.7. The lowest BCUT2D eigenvalue weighted by atomic mass is 9.99. The average Bonchev–Trinajstić information content (AvgIpc) is 2.57. The minimum Gasteiger partial charge on any atom is -0.434 e. The van der Waals surface area contributed by atoms with Crippen molar-refractivity contribution in [2.75, 3.05) is 6.61 Å². The quantitative estimate of drug-likeness (QED) is 0.250. The maximum atomic E-state index is 11.9. The predicted octanol–water partition coefficient (Wildman–Crippen LogP) is 6.47. The van der Waals surface area contributed by atoms with Gasteiger partial charge < -0.3 is 9.47 Å². The molecule has 0 N–H and O–H groups in total. The third-order valence-corrected chi connectivity index (χ3v) is 4.16. The fraction of sp³-hybridized carbons (Fsp3) is 0.667. The normalized spacial score (nSPS) is 10.6. The van der Waals surface area contributed by atoms with Gasteiger partial charge in [0.2, 0.25) is 0 Å². The van der Waals surface area contributed by atoms with E-state index in [1.165, 1.54) is 31.2 Å². The van der Waals surface area contributed by atoms with E-state index in [1.807, 2.05) is 12.1 Å². The maximum Gasteiger partial charge on any atom is 0.513 e. The van der Waals surface area contributed by atoms with Gasteiger partial charge in [-0.1, -0.05) is 77.8 Å². The van der Waals surface area contributed by atoms with Crippen molar-refractivity contribution >= 4 is 6.16 Å². The van der Waals surface area contributed by atoms with Crippen molar-refractivity contribution < 1.29 is 14.3 Å². The third-order valence-electron chi connectivity index (χ3n) is 4.16. The van der Waals surface area contributed by atoms with Crippen LogP contribution in [-0.4, -0.2) is 12.8 Å². The highest BCUT2D eigenvalue weighted by molar-refractivity contribution is 5.65. The van der Waals surface area contributed by atoms with Crippen molar-refractivity contribution in [2.45, 2.75) is 85.0 Å². The van der Waals surface area contributed by atoms with Crippen LogP contribution in [0.5, 0.6) is 5.75 Å². The molecule has 0 atom stereocenters. The molecule has 0 aliphatic heterocycles. The van der Waals surface area contributed by atoms with Gasteiger partial charge in [-0.3, -0.25) is 0 Å². The number of carbonyl (C=O) groups is 1. The molecule has 0 amide bonds. The molecule has 0 heterocycles. The van der Waals surface area contributed by atoms with E-state index >= 15 is 0 Å². The van der Waals surface area contributed by atoms with Crippen LogP contribution in [0, 0.1) is 0 Å². The van der Waals surface area contributed by atoms with E-state index in [2.05, 4.69) is 26.8 Å². The molecule has 0 saturated heterocycles. The maximum absolute atomic E-state index is 11.9. The summed E-state index contributed by atoms with van der Waals surface area (Å²) in [6.45, 7) is 6.96. The van der Waals surface area contributed by atoms with Crippen molar-refractivity contribution in [3.05, 3.63) is 29.3 Å². The molecule has 1 aromatic carbocycles. The molecule has 0 fully saturated rings. The standard InChI is InChI=1S/C21H34O3/c1-4-7-8-9-10-11-17-23-21(22)24-20-16-12-15-18(13-5-2)19(20)14-6-3/h12,15-16H,4-11,13-14,17H2,1-3H3. The first kappa shape index (κ1) is 20.5. The van der Waals surface area contributed by atoms with Crippen LogP contribution < -0.4 is 4.74 Å². The van der Waals surface area contributed by atoms with Crippen molar-refractivity contribution in [1.29, 1.82) is 0 Å². The molecule has 0 bridgehead atoms. The molecule has 0 aliphatic carbocycles. The van der Waals surface area contributed by atoms with E-state index in [0.29, 0.717) is 12.4 Å². The first-order valence-electron chi connectivity index (χ1n) is 9.68. The molecular weight excluding hydrogens is 300 g/mol. The van der Waals surface area contributed by atoms with Crippen molar-refractivity contribution in [2.24, 2.45) is 0 Å². The zero-order valence-electron chi connectivity index (χ0n) is 15.7. The Hall–Kier alpha value is -1.51. The van der Waals surface area contributed by atoms with Gasteiger partial charge >= 0.3 is 6.16 Å². The smallest absolute Gasteiger partial charge is 0.434 e. The lowest BCUT2D eigenvalue weighted by molar-refractivity contribution is 0.0969. The number of benzene rings is 1.